The standard InChI is InChI=1S/C14H22N2O2/c1-16-6-4-5-15-10-14(16)11-7-12(17-2)9-13(8-11)18-3/h7-9,14-15H,4-6,10H2,1-3H3. The third kappa shape index (κ3) is 2.94. The molecular formula is C14H22N2O2. The number of hydrogen-bond acceptors (Lipinski definition) is 4. The Labute approximate surface area is 109 Å². The van der Waals surface area contributed by atoms with E-state index in [0.717, 1.165) is 31.1 Å². The number of ether oxygens (including phenoxy) is 2. The molecule has 1 atom stereocenters. The molecule has 1 aliphatic rings. The summed E-state index contributed by atoms with van der Waals surface area (Å²) in [6, 6.07) is 6.47. The van der Waals surface area contributed by atoms with Gasteiger partial charge in [0.1, 0.15) is 11.5 Å². The molecule has 4 heteroatoms. The molecular weight excluding hydrogens is 228 g/mol. The number of nitrogens with zero attached hydrogens (tertiary/aromatic N) is 1. The van der Waals surface area contributed by atoms with Crippen LogP contribution in [0.15, 0.2) is 18.2 Å². The Morgan fingerprint density at radius 2 is 1.83 bits per heavy atom. The van der Waals surface area contributed by atoms with Crippen molar-refractivity contribution in [2.45, 2.75) is 12.5 Å². The summed E-state index contributed by atoms with van der Waals surface area (Å²) in [6.07, 6.45) is 1.19. The van der Waals surface area contributed by atoms with Crippen LogP contribution in [0, 0.1) is 0 Å². The molecule has 4 nitrogen and oxygen atoms in total. The highest BCUT2D eigenvalue weighted by Gasteiger charge is 2.20. The monoisotopic (exact) mass is 250 g/mol. The first-order chi connectivity index (χ1) is 8.74. The quantitative estimate of drug-likeness (QED) is 0.885. The summed E-state index contributed by atoms with van der Waals surface area (Å²) in [7, 11) is 5.55. The van der Waals surface area contributed by atoms with Crippen LogP contribution >= 0.6 is 0 Å². The third-order valence-electron chi connectivity index (χ3n) is 3.49. The van der Waals surface area contributed by atoms with Crippen LogP contribution in [-0.2, 0) is 0 Å². The van der Waals surface area contributed by atoms with E-state index in [1.807, 2.05) is 6.07 Å². The highest BCUT2D eigenvalue weighted by atomic mass is 16.5. The van der Waals surface area contributed by atoms with Crippen molar-refractivity contribution in [3.8, 4) is 11.5 Å². The van der Waals surface area contributed by atoms with Gasteiger partial charge in [0, 0.05) is 18.7 Å². The lowest BCUT2D eigenvalue weighted by Gasteiger charge is -2.26. The SMILES string of the molecule is COc1cc(OC)cc(C2CNCCCN2C)c1. The van der Waals surface area contributed by atoms with Gasteiger partial charge in [0.15, 0.2) is 0 Å². The van der Waals surface area contributed by atoms with Crippen molar-refractivity contribution in [2.24, 2.45) is 0 Å². The van der Waals surface area contributed by atoms with Gasteiger partial charge in [0.2, 0.25) is 0 Å². The molecule has 1 fully saturated rings. The normalized spacial score (nSPS) is 21.4. The maximum absolute atomic E-state index is 5.34. The molecule has 0 aromatic heterocycles. The molecule has 1 N–H and O–H groups in total. The molecule has 0 amide bonds. The van der Waals surface area contributed by atoms with Crippen LogP contribution in [0.4, 0.5) is 0 Å². The van der Waals surface area contributed by atoms with Gasteiger partial charge < -0.3 is 14.8 Å². The number of hydrogen-bond donors (Lipinski definition) is 1. The highest BCUT2D eigenvalue weighted by Crippen LogP contribution is 2.29. The second kappa shape index (κ2) is 6.07. The van der Waals surface area contributed by atoms with Crippen LogP contribution in [-0.4, -0.2) is 45.8 Å². The van der Waals surface area contributed by atoms with E-state index < -0.39 is 0 Å². The number of methoxy groups -OCH3 is 2. The van der Waals surface area contributed by atoms with E-state index in [-0.39, 0.29) is 0 Å². The van der Waals surface area contributed by atoms with Crippen LogP contribution in [0.1, 0.15) is 18.0 Å². The number of nitrogens with one attached hydrogen (secondary N) is 1. The molecule has 1 unspecified atom stereocenters. The minimum Gasteiger partial charge on any atom is -0.497 e. The first-order valence-electron chi connectivity index (χ1n) is 6.38. The number of benzene rings is 1. The highest BCUT2D eigenvalue weighted by molar-refractivity contribution is 5.40. The van der Waals surface area contributed by atoms with Crippen LogP contribution in [0.3, 0.4) is 0 Å². The van der Waals surface area contributed by atoms with Crippen LogP contribution in [0.25, 0.3) is 0 Å². The first-order valence-corrected chi connectivity index (χ1v) is 6.38. The van der Waals surface area contributed by atoms with Gasteiger partial charge in [-0.3, -0.25) is 4.90 Å². The Bertz CT molecular complexity index is 373. The van der Waals surface area contributed by atoms with Gasteiger partial charge in [-0.25, -0.2) is 0 Å². The van der Waals surface area contributed by atoms with Gasteiger partial charge in [0.25, 0.3) is 0 Å². The summed E-state index contributed by atoms with van der Waals surface area (Å²) in [5.41, 5.74) is 1.24. The van der Waals surface area contributed by atoms with E-state index in [2.05, 4.69) is 29.4 Å². The summed E-state index contributed by atoms with van der Waals surface area (Å²) in [5, 5.41) is 3.48. The molecule has 0 saturated carbocycles. The van der Waals surface area contributed by atoms with Crippen LogP contribution in [0.2, 0.25) is 0 Å². The zero-order valence-corrected chi connectivity index (χ0v) is 11.4. The molecule has 0 aliphatic carbocycles. The fourth-order valence-electron chi connectivity index (χ4n) is 2.40. The van der Waals surface area contributed by atoms with E-state index in [0.29, 0.717) is 6.04 Å². The molecule has 0 radical (unpaired) electrons. The summed E-state index contributed by atoms with van der Waals surface area (Å²) < 4.78 is 10.7. The lowest BCUT2D eigenvalue weighted by Crippen LogP contribution is -2.29. The molecule has 0 bridgehead atoms. The van der Waals surface area contributed by atoms with E-state index in [4.69, 9.17) is 9.47 Å². The van der Waals surface area contributed by atoms with Crippen molar-refractivity contribution >= 4 is 0 Å². The fraction of sp³-hybridized carbons (Fsp3) is 0.571. The molecule has 100 valence electrons. The van der Waals surface area contributed by atoms with Crippen molar-refractivity contribution in [2.75, 3.05) is 40.9 Å². The molecule has 1 aromatic carbocycles. The number of rotatable bonds is 3. The van der Waals surface area contributed by atoms with Crippen LogP contribution in [0.5, 0.6) is 11.5 Å². The summed E-state index contributed by atoms with van der Waals surface area (Å²) >= 11 is 0. The molecule has 1 saturated heterocycles. The lowest BCUT2D eigenvalue weighted by atomic mass is 10.0. The third-order valence-corrected chi connectivity index (χ3v) is 3.49. The minimum atomic E-state index is 0.372. The Morgan fingerprint density at radius 3 is 2.44 bits per heavy atom. The minimum absolute atomic E-state index is 0.372. The smallest absolute Gasteiger partial charge is 0.122 e. The van der Waals surface area contributed by atoms with Gasteiger partial charge in [-0.1, -0.05) is 0 Å². The van der Waals surface area contributed by atoms with Crippen LogP contribution < -0.4 is 14.8 Å². The van der Waals surface area contributed by atoms with Gasteiger partial charge in [-0.2, -0.15) is 0 Å². The van der Waals surface area contributed by atoms with E-state index in [1.165, 1.54) is 12.0 Å². The summed E-state index contributed by atoms with van der Waals surface area (Å²) in [4.78, 5) is 2.38. The summed E-state index contributed by atoms with van der Waals surface area (Å²) in [5.74, 6) is 1.70. The molecule has 1 aromatic rings. The second-order valence-electron chi connectivity index (χ2n) is 4.70. The molecule has 2 rings (SSSR count). The van der Waals surface area contributed by atoms with E-state index >= 15 is 0 Å². The van der Waals surface area contributed by atoms with Crippen molar-refractivity contribution in [1.29, 1.82) is 0 Å². The topological polar surface area (TPSA) is 33.7 Å². The maximum Gasteiger partial charge on any atom is 0.122 e. The fourth-order valence-corrected chi connectivity index (χ4v) is 2.40. The second-order valence-corrected chi connectivity index (χ2v) is 4.70. The largest absolute Gasteiger partial charge is 0.497 e. The Balaban J connectivity index is 2.29. The lowest BCUT2D eigenvalue weighted by molar-refractivity contribution is 0.260. The average molecular weight is 250 g/mol. The first kappa shape index (κ1) is 13.2. The van der Waals surface area contributed by atoms with Crippen molar-refractivity contribution in [3.63, 3.8) is 0 Å². The zero-order chi connectivity index (χ0) is 13.0. The Morgan fingerprint density at radius 1 is 1.17 bits per heavy atom. The van der Waals surface area contributed by atoms with Gasteiger partial charge >= 0.3 is 0 Å². The molecule has 18 heavy (non-hydrogen) atoms. The van der Waals surface area contributed by atoms with Crippen molar-refractivity contribution in [1.82, 2.24) is 10.2 Å². The molecule has 0 spiro atoms. The maximum atomic E-state index is 5.34. The van der Waals surface area contributed by atoms with Crippen molar-refractivity contribution < 1.29 is 9.47 Å². The van der Waals surface area contributed by atoms with E-state index in [9.17, 15) is 0 Å². The molecule has 1 heterocycles. The Hall–Kier alpha value is -1.26. The predicted octanol–water partition coefficient (Wildman–Crippen LogP) is 1.67. The van der Waals surface area contributed by atoms with Crippen molar-refractivity contribution in [3.05, 3.63) is 23.8 Å². The van der Waals surface area contributed by atoms with Gasteiger partial charge in [0.05, 0.1) is 14.2 Å². The van der Waals surface area contributed by atoms with E-state index in [1.54, 1.807) is 14.2 Å². The average Bonchev–Trinajstić information content (AvgIpc) is 2.62. The predicted molar refractivity (Wildman–Crippen MR) is 72.4 cm³/mol. The zero-order valence-electron chi connectivity index (χ0n) is 11.4. The molecule has 1 aliphatic heterocycles. The number of likely N-dealkylation sites (N-methyl/N-ethyl adjacent to an activating group) is 1. The van der Waals surface area contributed by atoms with Gasteiger partial charge in [-0.15, -0.1) is 0 Å². The Kier molecular flexibility index (Phi) is 4.44. The summed E-state index contributed by atoms with van der Waals surface area (Å²) in [6.45, 7) is 3.16. The van der Waals surface area contributed by atoms with Gasteiger partial charge in [-0.05, 0) is 44.3 Å².